The molecule has 3 saturated heterocycles. The predicted molar refractivity (Wildman–Crippen MR) is 201 cm³/mol. The van der Waals surface area contributed by atoms with Crippen LogP contribution in [0.4, 0.5) is 0 Å². The first-order valence-corrected chi connectivity index (χ1v) is 20.1. The molecule has 3 aliphatic rings. The van der Waals surface area contributed by atoms with Gasteiger partial charge >= 0.3 is 5.97 Å². The lowest BCUT2D eigenvalue weighted by molar-refractivity contribution is -0.312. The van der Waals surface area contributed by atoms with E-state index in [-0.39, 0.29) is 36.8 Å². The van der Waals surface area contributed by atoms with Gasteiger partial charge in [0.2, 0.25) is 0 Å². The molecule has 3 aliphatic heterocycles. The third-order valence-corrected chi connectivity index (χ3v) is 12.3. The Morgan fingerprint density at radius 3 is 2.21 bits per heavy atom. The number of hydrogen-bond donors (Lipinski definition) is 8. The maximum atomic E-state index is 14.2. The fourth-order valence-corrected chi connectivity index (χ4v) is 8.73. The molecule has 14 nitrogen and oxygen atoms in total. The summed E-state index contributed by atoms with van der Waals surface area (Å²) < 4.78 is 32.0. The number of cyclic esters (lactones) is 1. The van der Waals surface area contributed by atoms with E-state index in [0.717, 1.165) is 13.0 Å². The second-order valence-corrected chi connectivity index (χ2v) is 17.1. The standard InChI is InChI=1S/C39H75N3O11/c1-13-15-41-20-39(48)22(4)16-30(50-27(39)9)52-32-24(6)34(53-36-31(43)28(40-12)17-23(5)49-36)37(10,46)18-21(3)19-42-26(8)33(44)38(11,47)29(14-2)51-35(45)25(32)7/h21-34,36,40-44,46-48H,13-20H2,1-12H3/t21-,22?,23-,24+,25-,26-,27+,28+,29-,30+,31-,32+,33-,34-,36+,37-,38-,39-/m1/s1. The van der Waals surface area contributed by atoms with Gasteiger partial charge in [-0.15, -0.1) is 0 Å². The Labute approximate surface area is 318 Å². The Bertz CT molecular complexity index is 1120. The van der Waals surface area contributed by atoms with E-state index in [1.54, 1.807) is 34.7 Å². The van der Waals surface area contributed by atoms with Crippen LogP contribution in [-0.4, -0.2) is 142 Å². The molecule has 3 fully saturated rings. The van der Waals surface area contributed by atoms with Crippen LogP contribution in [0.2, 0.25) is 0 Å². The molecule has 0 saturated carbocycles. The van der Waals surface area contributed by atoms with Crippen molar-refractivity contribution in [3.8, 4) is 0 Å². The third-order valence-electron chi connectivity index (χ3n) is 12.3. The van der Waals surface area contributed by atoms with Crippen molar-refractivity contribution < 1.29 is 54.0 Å². The number of hydrogen-bond acceptors (Lipinski definition) is 14. The van der Waals surface area contributed by atoms with Crippen molar-refractivity contribution in [2.24, 2.45) is 23.7 Å². The molecule has 0 amide bonds. The lowest BCUT2D eigenvalue weighted by atomic mass is 9.77. The first kappa shape index (κ1) is 46.4. The Balaban J connectivity index is 2.10. The molecule has 0 bridgehead atoms. The van der Waals surface area contributed by atoms with Crippen LogP contribution in [0, 0.1) is 23.7 Å². The lowest BCUT2D eigenvalue weighted by Gasteiger charge is -2.49. The summed E-state index contributed by atoms with van der Waals surface area (Å²) in [7, 11) is 1.77. The number of aliphatic hydroxyl groups excluding tert-OH is 2. The van der Waals surface area contributed by atoms with E-state index in [1.165, 1.54) is 6.92 Å². The topological polar surface area (TPSA) is 200 Å². The first-order valence-electron chi connectivity index (χ1n) is 20.1. The zero-order valence-electron chi connectivity index (χ0n) is 34.5. The first-order chi connectivity index (χ1) is 24.6. The second-order valence-electron chi connectivity index (χ2n) is 17.1. The molecule has 312 valence electrons. The Morgan fingerprint density at radius 2 is 1.62 bits per heavy atom. The number of carbonyl (C=O) groups excluding carboxylic acids is 1. The van der Waals surface area contributed by atoms with Crippen molar-refractivity contribution in [3.05, 3.63) is 0 Å². The average Bonchev–Trinajstić information content (AvgIpc) is 3.09. The SMILES string of the molecule is CCCNC[C@@]1(O)C(C)C[C@H](O[C@H]2[C@H](C)[C@@H](O[C@@H]3O[C@H](C)C[C@H](NC)[C@H]3O)[C@](C)(O)C[C@@H](C)CN[C@H](C)[C@@H](O)[C@](C)(O)[C@@H](CC)OC(=O)[C@@H]2C)O[C@H]1C. The highest BCUT2D eigenvalue weighted by Gasteiger charge is 2.52. The van der Waals surface area contributed by atoms with Gasteiger partial charge in [-0.25, -0.2) is 0 Å². The van der Waals surface area contributed by atoms with Crippen molar-refractivity contribution in [1.29, 1.82) is 0 Å². The molecule has 3 rings (SSSR count). The van der Waals surface area contributed by atoms with Crippen molar-refractivity contribution in [2.45, 2.75) is 192 Å². The third kappa shape index (κ3) is 11.1. The predicted octanol–water partition coefficient (Wildman–Crippen LogP) is 1.82. The lowest BCUT2D eigenvalue weighted by Crippen LogP contribution is -2.61. The summed E-state index contributed by atoms with van der Waals surface area (Å²) in [5.41, 5.74) is -4.48. The van der Waals surface area contributed by atoms with Crippen LogP contribution in [0.15, 0.2) is 0 Å². The Kier molecular flexibility index (Phi) is 17.0. The molecule has 3 heterocycles. The zero-order chi connectivity index (χ0) is 40.1. The van der Waals surface area contributed by atoms with Gasteiger partial charge in [0, 0.05) is 31.0 Å². The normalized spacial score (nSPS) is 48.4. The molecule has 0 aromatic heterocycles. The van der Waals surface area contributed by atoms with Crippen LogP contribution in [0.1, 0.15) is 108 Å². The largest absolute Gasteiger partial charge is 0.459 e. The minimum Gasteiger partial charge on any atom is -0.459 e. The molecule has 14 heteroatoms. The van der Waals surface area contributed by atoms with Crippen molar-refractivity contribution >= 4 is 5.97 Å². The average molecular weight is 762 g/mol. The van der Waals surface area contributed by atoms with E-state index in [2.05, 4.69) is 22.9 Å². The Morgan fingerprint density at radius 1 is 0.962 bits per heavy atom. The number of carbonyl (C=O) groups is 1. The zero-order valence-corrected chi connectivity index (χ0v) is 34.5. The van der Waals surface area contributed by atoms with Gasteiger partial charge in [0.1, 0.15) is 29.5 Å². The van der Waals surface area contributed by atoms with Gasteiger partial charge < -0.3 is 65.2 Å². The summed E-state index contributed by atoms with van der Waals surface area (Å²) in [6, 6.07) is -0.894. The van der Waals surface area contributed by atoms with Gasteiger partial charge in [-0.05, 0) is 99.2 Å². The van der Waals surface area contributed by atoms with Crippen LogP contribution in [0.3, 0.4) is 0 Å². The number of rotatable bonds is 10. The number of nitrogens with one attached hydrogen (secondary N) is 3. The van der Waals surface area contributed by atoms with Crippen LogP contribution < -0.4 is 16.0 Å². The number of likely N-dealkylation sites (N-methyl/N-ethyl adjacent to an activating group) is 1. The molecule has 0 spiro atoms. The second kappa shape index (κ2) is 19.4. The monoisotopic (exact) mass is 762 g/mol. The summed E-state index contributed by atoms with van der Waals surface area (Å²) >= 11 is 0. The molecule has 0 aromatic rings. The molecule has 0 radical (unpaired) electrons. The molecular formula is C39H75N3O11. The summed E-state index contributed by atoms with van der Waals surface area (Å²) in [5, 5.41) is 68.1. The maximum absolute atomic E-state index is 14.2. The number of aliphatic hydroxyl groups is 5. The van der Waals surface area contributed by atoms with Crippen molar-refractivity contribution in [2.75, 3.05) is 26.7 Å². The van der Waals surface area contributed by atoms with E-state index < -0.39 is 89.9 Å². The van der Waals surface area contributed by atoms with Gasteiger partial charge in [-0.1, -0.05) is 34.6 Å². The fourth-order valence-electron chi connectivity index (χ4n) is 8.73. The van der Waals surface area contributed by atoms with Gasteiger partial charge in [-0.3, -0.25) is 4.79 Å². The van der Waals surface area contributed by atoms with Crippen LogP contribution in [0.25, 0.3) is 0 Å². The number of esters is 1. The molecular weight excluding hydrogens is 686 g/mol. The number of ether oxygens (including phenoxy) is 5. The fraction of sp³-hybridized carbons (Fsp3) is 0.974. The molecule has 18 atom stereocenters. The highest BCUT2D eigenvalue weighted by Crippen LogP contribution is 2.40. The van der Waals surface area contributed by atoms with Crippen molar-refractivity contribution in [1.82, 2.24) is 16.0 Å². The summed E-state index contributed by atoms with van der Waals surface area (Å²) in [6.07, 6.45) is -5.89. The van der Waals surface area contributed by atoms with E-state index in [0.29, 0.717) is 25.9 Å². The molecule has 1 unspecified atom stereocenters. The highest BCUT2D eigenvalue weighted by atomic mass is 16.7. The van der Waals surface area contributed by atoms with Crippen LogP contribution in [0.5, 0.6) is 0 Å². The van der Waals surface area contributed by atoms with Gasteiger partial charge in [0.25, 0.3) is 0 Å². The van der Waals surface area contributed by atoms with E-state index >= 15 is 0 Å². The van der Waals surface area contributed by atoms with Gasteiger partial charge in [-0.2, -0.15) is 0 Å². The van der Waals surface area contributed by atoms with E-state index in [4.69, 9.17) is 23.7 Å². The minimum absolute atomic E-state index is 0.145. The van der Waals surface area contributed by atoms with Gasteiger partial charge in [0.15, 0.2) is 12.6 Å². The van der Waals surface area contributed by atoms with Crippen LogP contribution in [-0.2, 0) is 28.5 Å². The Hall–Kier alpha value is -1.01. The maximum Gasteiger partial charge on any atom is 0.311 e. The molecule has 8 N–H and O–H groups in total. The summed E-state index contributed by atoms with van der Waals surface area (Å²) in [4.78, 5) is 14.2. The quantitative estimate of drug-likeness (QED) is 0.118. The van der Waals surface area contributed by atoms with Crippen LogP contribution >= 0.6 is 0 Å². The molecule has 53 heavy (non-hydrogen) atoms. The minimum atomic E-state index is -1.79. The molecule has 0 aromatic carbocycles. The molecule has 0 aliphatic carbocycles. The highest BCUT2D eigenvalue weighted by molar-refractivity contribution is 5.73. The van der Waals surface area contributed by atoms with E-state index in [1.807, 2.05) is 34.6 Å². The van der Waals surface area contributed by atoms with E-state index in [9.17, 15) is 30.3 Å². The van der Waals surface area contributed by atoms with Crippen molar-refractivity contribution in [3.63, 3.8) is 0 Å². The summed E-state index contributed by atoms with van der Waals surface area (Å²) in [6.45, 7) is 21.4. The van der Waals surface area contributed by atoms with Gasteiger partial charge in [0.05, 0.1) is 35.9 Å². The smallest absolute Gasteiger partial charge is 0.311 e. The summed E-state index contributed by atoms with van der Waals surface area (Å²) in [5.74, 6) is -2.75.